The molecule has 2 aliphatic heterocycles. The van der Waals surface area contributed by atoms with Crippen LogP contribution in [0, 0.1) is 0 Å². The average molecular weight is 333 g/mol. The molecule has 130 valence electrons. The summed E-state index contributed by atoms with van der Waals surface area (Å²) in [6.45, 7) is 2.30. The molecule has 0 aromatic heterocycles. The van der Waals surface area contributed by atoms with Crippen LogP contribution in [0.15, 0.2) is 24.3 Å². The van der Waals surface area contributed by atoms with Crippen molar-refractivity contribution in [2.24, 2.45) is 0 Å². The van der Waals surface area contributed by atoms with Crippen molar-refractivity contribution >= 4 is 11.9 Å². The standard InChI is InChI=1S/C17H23N3O4/c1-23-12-4-9-18-16(22)20-10-7-17(8-11-20)19-15(21)13-5-2-3-6-14(13)24-17/h2-3,5-6H,4,7-12H2,1H3,(H,18,22)(H,19,21). The van der Waals surface area contributed by atoms with E-state index in [4.69, 9.17) is 9.47 Å². The molecule has 0 bridgehead atoms. The zero-order valence-electron chi connectivity index (χ0n) is 13.8. The highest BCUT2D eigenvalue weighted by molar-refractivity contribution is 5.98. The molecule has 7 heteroatoms. The lowest BCUT2D eigenvalue weighted by atomic mass is 9.97. The van der Waals surface area contributed by atoms with E-state index in [1.165, 1.54) is 0 Å². The Morgan fingerprint density at radius 1 is 1.38 bits per heavy atom. The van der Waals surface area contributed by atoms with E-state index in [1.807, 2.05) is 18.2 Å². The van der Waals surface area contributed by atoms with Crippen molar-refractivity contribution in [1.82, 2.24) is 15.5 Å². The first-order chi connectivity index (χ1) is 11.6. The van der Waals surface area contributed by atoms with Crippen LogP contribution < -0.4 is 15.4 Å². The summed E-state index contributed by atoms with van der Waals surface area (Å²) in [7, 11) is 1.64. The average Bonchev–Trinajstić information content (AvgIpc) is 2.59. The van der Waals surface area contributed by atoms with Crippen LogP contribution in [0.2, 0.25) is 0 Å². The fraction of sp³-hybridized carbons (Fsp3) is 0.529. The summed E-state index contributed by atoms with van der Waals surface area (Å²) in [4.78, 5) is 26.2. The minimum absolute atomic E-state index is 0.0801. The predicted octanol–water partition coefficient (Wildman–Crippen LogP) is 1.35. The number of carbonyl (C=O) groups excluding carboxylic acids is 2. The molecule has 1 fully saturated rings. The molecule has 0 radical (unpaired) electrons. The Kier molecular flexibility index (Phi) is 4.89. The monoisotopic (exact) mass is 333 g/mol. The molecule has 2 N–H and O–H groups in total. The van der Waals surface area contributed by atoms with Gasteiger partial charge < -0.3 is 25.0 Å². The maximum atomic E-state index is 12.3. The molecule has 7 nitrogen and oxygen atoms in total. The number of likely N-dealkylation sites (tertiary alicyclic amines) is 1. The molecule has 0 unspecified atom stereocenters. The second-order valence-corrected chi connectivity index (χ2v) is 6.11. The Morgan fingerprint density at radius 3 is 2.88 bits per heavy atom. The maximum Gasteiger partial charge on any atom is 0.317 e. The largest absolute Gasteiger partial charge is 0.467 e. The van der Waals surface area contributed by atoms with Gasteiger partial charge in [0, 0.05) is 46.2 Å². The van der Waals surface area contributed by atoms with Gasteiger partial charge in [-0.2, -0.15) is 0 Å². The molecule has 1 saturated heterocycles. The molecule has 0 aliphatic carbocycles. The van der Waals surface area contributed by atoms with E-state index in [2.05, 4.69) is 10.6 Å². The molecular weight excluding hydrogens is 310 g/mol. The molecule has 1 aromatic rings. The smallest absolute Gasteiger partial charge is 0.317 e. The lowest BCUT2D eigenvalue weighted by Crippen LogP contribution is -2.62. The van der Waals surface area contributed by atoms with Crippen molar-refractivity contribution in [3.05, 3.63) is 29.8 Å². The van der Waals surface area contributed by atoms with E-state index in [1.54, 1.807) is 18.1 Å². The topological polar surface area (TPSA) is 79.9 Å². The molecule has 3 amide bonds. The summed E-state index contributed by atoms with van der Waals surface area (Å²) in [5.41, 5.74) is -0.153. The third kappa shape index (κ3) is 3.46. The van der Waals surface area contributed by atoms with E-state index in [0.29, 0.717) is 50.4 Å². The number of nitrogens with one attached hydrogen (secondary N) is 2. The van der Waals surface area contributed by atoms with Crippen molar-refractivity contribution in [3.8, 4) is 5.75 Å². The van der Waals surface area contributed by atoms with Gasteiger partial charge in [0.15, 0.2) is 5.72 Å². The summed E-state index contributed by atoms with van der Waals surface area (Å²) in [5.74, 6) is 0.494. The van der Waals surface area contributed by atoms with Crippen LogP contribution in [0.25, 0.3) is 0 Å². The third-order valence-electron chi connectivity index (χ3n) is 4.44. The minimum atomic E-state index is -0.710. The fourth-order valence-corrected chi connectivity index (χ4v) is 3.08. The van der Waals surface area contributed by atoms with Crippen LogP contribution in [0.5, 0.6) is 5.75 Å². The van der Waals surface area contributed by atoms with Crippen molar-refractivity contribution < 1.29 is 19.1 Å². The van der Waals surface area contributed by atoms with E-state index in [-0.39, 0.29) is 11.9 Å². The molecule has 0 saturated carbocycles. The van der Waals surface area contributed by atoms with Crippen molar-refractivity contribution in [1.29, 1.82) is 0 Å². The summed E-state index contributed by atoms with van der Waals surface area (Å²) in [6.07, 6.45) is 1.92. The van der Waals surface area contributed by atoms with Gasteiger partial charge in [-0.3, -0.25) is 4.79 Å². The Balaban J connectivity index is 1.55. The Bertz CT molecular complexity index is 612. The lowest BCUT2D eigenvalue weighted by Gasteiger charge is -2.44. The van der Waals surface area contributed by atoms with Crippen LogP contribution in [0.3, 0.4) is 0 Å². The first-order valence-electron chi connectivity index (χ1n) is 8.26. The number of benzene rings is 1. The summed E-state index contributed by atoms with van der Waals surface area (Å²) in [5, 5.41) is 5.85. The molecule has 24 heavy (non-hydrogen) atoms. The van der Waals surface area contributed by atoms with Crippen molar-refractivity contribution in [3.63, 3.8) is 0 Å². The van der Waals surface area contributed by atoms with Crippen LogP contribution in [0.4, 0.5) is 4.79 Å². The molecule has 2 heterocycles. The molecule has 1 spiro atoms. The number of piperidine rings is 1. The number of hydrogen-bond acceptors (Lipinski definition) is 4. The van der Waals surface area contributed by atoms with Crippen molar-refractivity contribution in [2.45, 2.75) is 25.0 Å². The zero-order chi connectivity index (χ0) is 17.0. The highest BCUT2D eigenvalue weighted by Gasteiger charge is 2.43. The molecular formula is C17H23N3O4. The second-order valence-electron chi connectivity index (χ2n) is 6.11. The normalized spacial score (nSPS) is 18.5. The summed E-state index contributed by atoms with van der Waals surface area (Å²) < 4.78 is 11.0. The zero-order valence-corrected chi connectivity index (χ0v) is 13.8. The van der Waals surface area contributed by atoms with Gasteiger partial charge in [0.1, 0.15) is 5.75 Å². The highest BCUT2D eigenvalue weighted by Crippen LogP contribution is 2.33. The summed E-state index contributed by atoms with van der Waals surface area (Å²) >= 11 is 0. The van der Waals surface area contributed by atoms with Crippen LogP contribution in [-0.2, 0) is 4.74 Å². The first kappa shape index (κ1) is 16.6. The van der Waals surface area contributed by atoms with Crippen LogP contribution in [-0.4, -0.2) is 55.9 Å². The van der Waals surface area contributed by atoms with Gasteiger partial charge in [-0.25, -0.2) is 4.79 Å². The lowest BCUT2D eigenvalue weighted by molar-refractivity contribution is -0.0212. The van der Waals surface area contributed by atoms with E-state index in [0.717, 1.165) is 6.42 Å². The maximum absolute atomic E-state index is 12.3. The number of fused-ring (bicyclic) bond motifs is 1. The Labute approximate surface area is 141 Å². The Hall–Kier alpha value is -2.28. The molecule has 1 aromatic carbocycles. The number of ether oxygens (including phenoxy) is 2. The van der Waals surface area contributed by atoms with Gasteiger partial charge in [-0.15, -0.1) is 0 Å². The number of rotatable bonds is 4. The summed E-state index contributed by atoms with van der Waals surface area (Å²) in [6, 6.07) is 7.15. The molecule has 0 atom stereocenters. The van der Waals surface area contributed by atoms with Crippen LogP contribution in [0.1, 0.15) is 29.6 Å². The van der Waals surface area contributed by atoms with Gasteiger partial charge in [-0.05, 0) is 18.6 Å². The van der Waals surface area contributed by atoms with Crippen molar-refractivity contribution in [2.75, 3.05) is 33.4 Å². The fourth-order valence-electron chi connectivity index (χ4n) is 3.08. The number of amides is 3. The number of nitrogens with zero attached hydrogens (tertiary/aromatic N) is 1. The number of urea groups is 1. The first-order valence-corrected chi connectivity index (χ1v) is 8.26. The van der Waals surface area contributed by atoms with Gasteiger partial charge in [0.2, 0.25) is 0 Å². The van der Waals surface area contributed by atoms with E-state index in [9.17, 15) is 9.59 Å². The predicted molar refractivity (Wildman–Crippen MR) is 88.0 cm³/mol. The highest BCUT2D eigenvalue weighted by atomic mass is 16.5. The Morgan fingerprint density at radius 2 is 2.12 bits per heavy atom. The second kappa shape index (κ2) is 7.09. The number of para-hydroxylation sites is 1. The van der Waals surface area contributed by atoms with Gasteiger partial charge in [0.05, 0.1) is 5.56 Å². The van der Waals surface area contributed by atoms with Crippen LogP contribution >= 0.6 is 0 Å². The number of hydrogen-bond donors (Lipinski definition) is 2. The van der Waals surface area contributed by atoms with Gasteiger partial charge in [-0.1, -0.05) is 12.1 Å². The number of carbonyl (C=O) groups is 2. The van der Waals surface area contributed by atoms with E-state index < -0.39 is 5.72 Å². The SMILES string of the molecule is COCCCNC(=O)N1CCC2(CC1)NC(=O)c1ccccc1O2. The molecule has 3 rings (SSSR count). The van der Waals surface area contributed by atoms with Gasteiger partial charge in [0.25, 0.3) is 5.91 Å². The van der Waals surface area contributed by atoms with Gasteiger partial charge >= 0.3 is 6.03 Å². The number of methoxy groups -OCH3 is 1. The minimum Gasteiger partial charge on any atom is -0.467 e. The quantitative estimate of drug-likeness (QED) is 0.815. The third-order valence-corrected chi connectivity index (χ3v) is 4.44. The molecule has 2 aliphatic rings. The van der Waals surface area contributed by atoms with E-state index >= 15 is 0 Å².